The summed E-state index contributed by atoms with van der Waals surface area (Å²) in [7, 11) is 0. The van der Waals surface area contributed by atoms with Crippen LogP contribution in [0.15, 0.2) is 72.6 Å². The highest BCUT2D eigenvalue weighted by Crippen LogP contribution is 2.43. The molecule has 2 unspecified atom stereocenters. The quantitative estimate of drug-likeness (QED) is 0.157. The van der Waals surface area contributed by atoms with Crippen LogP contribution in [0.25, 0.3) is 16.3 Å². The number of alkyl halides is 3. The molecule has 0 saturated carbocycles. The van der Waals surface area contributed by atoms with Gasteiger partial charge in [-0.05, 0) is 85.6 Å². The number of rotatable bonds is 6. The van der Waals surface area contributed by atoms with Crippen LogP contribution >= 0.6 is 0 Å². The number of nitrogens with one attached hydrogen (secondary N) is 2. The Hall–Kier alpha value is -4.94. The third kappa shape index (κ3) is 8.57. The Morgan fingerprint density at radius 2 is 1.73 bits per heavy atom. The van der Waals surface area contributed by atoms with Crippen LogP contribution < -0.4 is 5.32 Å². The van der Waals surface area contributed by atoms with Crippen molar-refractivity contribution in [2.75, 3.05) is 0 Å². The minimum absolute atomic E-state index is 0.106. The zero-order valence-corrected chi connectivity index (χ0v) is 26.9. The summed E-state index contributed by atoms with van der Waals surface area (Å²) in [6.07, 6.45) is 1.48. The number of aryl methyl sites for hydroxylation is 1. The number of H-pyrrole nitrogens is 1. The van der Waals surface area contributed by atoms with E-state index in [2.05, 4.69) is 45.7 Å². The van der Waals surface area contributed by atoms with Gasteiger partial charge in [0.05, 0.1) is 0 Å². The van der Waals surface area contributed by atoms with E-state index in [0.29, 0.717) is 12.5 Å². The Morgan fingerprint density at radius 3 is 2.41 bits per heavy atom. The van der Waals surface area contributed by atoms with Gasteiger partial charge < -0.3 is 10.1 Å². The van der Waals surface area contributed by atoms with Crippen LogP contribution in [0, 0.1) is 23.4 Å². The SMILES string of the molecule is CC(C)(C)OC(=O)NC(CC(=O)C1CC=CC2=C1CCc1c2ccc2ccccc12)Cc1cc(F)c(F)cc1F.FC(F)(F)c1ncn[nH]1. The van der Waals surface area contributed by atoms with Gasteiger partial charge in [-0.3, -0.25) is 9.89 Å². The maximum absolute atomic E-state index is 14.5. The molecule has 2 atom stereocenters. The van der Waals surface area contributed by atoms with Crippen molar-refractivity contribution in [1.82, 2.24) is 20.5 Å². The number of allylic oxidation sites excluding steroid dienone is 4. The second kappa shape index (κ2) is 14.3. The van der Waals surface area contributed by atoms with Gasteiger partial charge in [0, 0.05) is 24.4 Å². The fraction of sp³-hybridized carbons (Fsp3) is 0.333. The zero-order valence-electron chi connectivity index (χ0n) is 26.9. The highest BCUT2D eigenvalue weighted by Gasteiger charge is 2.34. The smallest absolute Gasteiger partial charge is 0.444 e. The molecule has 2 N–H and O–H groups in total. The van der Waals surface area contributed by atoms with Crippen molar-refractivity contribution in [2.45, 2.75) is 70.7 Å². The molecule has 1 amide bonds. The second-order valence-electron chi connectivity index (χ2n) is 12.8. The minimum atomic E-state index is -4.41. The average Bonchev–Trinajstić information content (AvgIpc) is 3.59. The molecule has 0 radical (unpaired) electrons. The van der Waals surface area contributed by atoms with E-state index in [1.165, 1.54) is 16.3 Å². The molecule has 2 aliphatic rings. The number of carbonyl (C=O) groups is 2. The standard InChI is InChI=1S/C33H32F3NO3.C3H2F3N3/c1-33(2,3)40-32(39)37-21(15-20-16-29(35)30(36)18-28(20)34)17-31(38)27-10-6-9-23-25-12-11-19-7-4-5-8-22(19)24(25)13-14-26(23)27;4-3(5,6)2-7-1-8-9-2/h4-9,11-12,16,18,21,27H,10,13-15,17H2,1-3H3,(H,37,39);1H,(H,7,8,9). The molecule has 0 fully saturated rings. The number of aromatic nitrogens is 3. The van der Waals surface area contributed by atoms with E-state index in [9.17, 15) is 35.9 Å². The van der Waals surface area contributed by atoms with Gasteiger partial charge in [0.1, 0.15) is 23.5 Å². The maximum atomic E-state index is 14.5. The molecule has 0 spiro atoms. The molecule has 4 aromatic rings. The molecule has 13 heteroatoms. The van der Waals surface area contributed by atoms with Gasteiger partial charge in [0.25, 0.3) is 0 Å². The molecule has 49 heavy (non-hydrogen) atoms. The Kier molecular flexibility index (Phi) is 10.3. The van der Waals surface area contributed by atoms with Gasteiger partial charge in [0.2, 0.25) is 5.82 Å². The van der Waals surface area contributed by atoms with Crippen molar-refractivity contribution in [3.63, 3.8) is 0 Å². The van der Waals surface area contributed by atoms with Crippen LogP contribution in [0.5, 0.6) is 0 Å². The summed E-state index contributed by atoms with van der Waals surface area (Å²) in [5, 5.41) is 9.78. The Balaban J connectivity index is 0.000000452. The van der Waals surface area contributed by atoms with E-state index in [0.717, 1.165) is 41.9 Å². The largest absolute Gasteiger partial charge is 0.451 e. The molecular formula is C36H34F6N4O3. The number of hydrogen-bond donors (Lipinski definition) is 2. The number of hydrogen-bond acceptors (Lipinski definition) is 5. The second-order valence-corrected chi connectivity index (χ2v) is 12.8. The van der Waals surface area contributed by atoms with Crippen molar-refractivity contribution in [3.05, 3.63) is 113 Å². The average molecular weight is 685 g/mol. The predicted molar refractivity (Wildman–Crippen MR) is 171 cm³/mol. The summed E-state index contributed by atoms with van der Waals surface area (Å²) in [4.78, 5) is 29.3. The van der Waals surface area contributed by atoms with Gasteiger partial charge >= 0.3 is 12.3 Å². The fourth-order valence-electron chi connectivity index (χ4n) is 6.13. The number of Topliss-reactive ketones (excluding diaryl/α,β-unsaturated/α-hetero) is 1. The molecule has 6 rings (SSSR count). The van der Waals surface area contributed by atoms with E-state index >= 15 is 0 Å². The third-order valence-corrected chi connectivity index (χ3v) is 8.19. The number of nitrogens with zero attached hydrogens (tertiary/aromatic N) is 2. The van der Waals surface area contributed by atoms with Gasteiger partial charge in [-0.15, -0.1) is 0 Å². The molecule has 0 aliphatic heterocycles. The minimum Gasteiger partial charge on any atom is -0.444 e. The molecule has 7 nitrogen and oxygen atoms in total. The maximum Gasteiger partial charge on any atom is 0.451 e. The molecule has 2 aliphatic carbocycles. The van der Waals surface area contributed by atoms with Crippen molar-refractivity contribution in [3.8, 4) is 0 Å². The summed E-state index contributed by atoms with van der Waals surface area (Å²) in [5.74, 6) is -5.00. The summed E-state index contributed by atoms with van der Waals surface area (Å²) in [6, 6.07) is 12.8. The number of fused-ring (bicyclic) bond motifs is 4. The molecule has 1 aromatic heterocycles. The Labute approximate surface area is 278 Å². The molecule has 0 saturated heterocycles. The normalized spacial score (nSPS) is 16.3. The summed E-state index contributed by atoms with van der Waals surface area (Å²) in [5.41, 5.74) is 3.59. The lowest BCUT2D eigenvalue weighted by Crippen LogP contribution is -2.42. The van der Waals surface area contributed by atoms with Crippen LogP contribution in [-0.2, 0) is 28.5 Å². The van der Waals surface area contributed by atoms with Gasteiger partial charge in [-0.2, -0.15) is 18.3 Å². The predicted octanol–water partition coefficient (Wildman–Crippen LogP) is 8.45. The lowest BCUT2D eigenvalue weighted by Gasteiger charge is -2.31. The Bertz CT molecular complexity index is 1910. The first-order valence-corrected chi connectivity index (χ1v) is 15.6. The summed E-state index contributed by atoms with van der Waals surface area (Å²) >= 11 is 0. The molecule has 1 heterocycles. The topological polar surface area (TPSA) is 97.0 Å². The van der Waals surface area contributed by atoms with E-state index < -0.39 is 53.1 Å². The first kappa shape index (κ1) is 35.4. The van der Waals surface area contributed by atoms with E-state index in [1.54, 1.807) is 25.9 Å². The van der Waals surface area contributed by atoms with Crippen molar-refractivity contribution in [1.29, 1.82) is 0 Å². The van der Waals surface area contributed by atoms with E-state index in [1.807, 2.05) is 18.2 Å². The van der Waals surface area contributed by atoms with Crippen molar-refractivity contribution < 1.29 is 40.7 Å². The first-order chi connectivity index (χ1) is 23.1. The number of halogens is 6. The van der Waals surface area contributed by atoms with Crippen LogP contribution in [-0.4, -0.2) is 38.7 Å². The molecule has 258 valence electrons. The van der Waals surface area contributed by atoms with Crippen molar-refractivity contribution >= 4 is 28.2 Å². The zero-order chi connectivity index (χ0) is 35.5. The van der Waals surface area contributed by atoms with Gasteiger partial charge in [-0.1, -0.05) is 54.1 Å². The number of aromatic amines is 1. The van der Waals surface area contributed by atoms with Crippen LogP contribution in [0.3, 0.4) is 0 Å². The number of amides is 1. The monoisotopic (exact) mass is 684 g/mol. The number of ketones is 1. The summed E-state index contributed by atoms with van der Waals surface area (Å²) < 4.78 is 81.8. The summed E-state index contributed by atoms with van der Waals surface area (Å²) in [6.45, 7) is 5.11. The molecule has 3 aromatic carbocycles. The highest BCUT2D eigenvalue weighted by atomic mass is 19.4. The number of carbonyl (C=O) groups excluding carboxylic acids is 2. The van der Waals surface area contributed by atoms with E-state index in [-0.39, 0.29) is 24.2 Å². The van der Waals surface area contributed by atoms with Crippen molar-refractivity contribution in [2.24, 2.45) is 5.92 Å². The first-order valence-electron chi connectivity index (χ1n) is 15.6. The van der Waals surface area contributed by atoms with Crippen LogP contribution in [0.2, 0.25) is 0 Å². The lowest BCUT2D eigenvalue weighted by atomic mass is 9.73. The van der Waals surface area contributed by atoms with E-state index in [4.69, 9.17) is 4.74 Å². The van der Waals surface area contributed by atoms with Gasteiger partial charge in [0.15, 0.2) is 11.6 Å². The number of ether oxygens (including phenoxy) is 1. The third-order valence-electron chi connectivity index (χ3n) is 8.19. The van der Waals surface area contributed by atoms with Gasteiger partial charge in [-0.25, -0.2) is 22.9 Å². The lowest BCUT2D eigenvalue weighted by molar-refractivity contribution is -0.144. The number of alkyl carbamates (subject to hydrolysis) is 1. The Morgan fingerprint density at radius 1 is 1.00 bits per heavy atom. The molecular weight excluding hydrogens is 650 g/mol. The molecule has 0 bridgehead atoms. The van der Waals surface area contributed by atoms with Crippen LogP contribution in [0.1, 0.15) is 62.5 Å². The highest BCUT2D eigenvalue weighted by molar-refractivity contribution is 5.96. The number of benzene rings is 3. The van der Waals surface area contributed by atoms with Crippen LogP contribution in [0.4, 0.5) is 31.1 Å². The fourth-order valence-corrected chi connectivity index (χ4v) is 6.13.